The van der Waals surface area contributed by atoms with Gasteiger partial charge >= 0.3 is 0 Å². The molecule has 0 bridgehead atoms. The van der Waals surface area contributed by atoms with Gasteiger partial charge in [0.25, 0.3) is 0 Å². The van der Waals surface area contributed by atoms with Crippen molar-refractivity contribution in [2.24, 2.45) is 17.8 Å². The van der Waals surface area contributed by atoms with E-state index in [2.05, 4.69) is 49.5 Å². The molecule has 2 aliphatic carbocycles. The normalized spacial score (nSPS) is 33.1. The van der Waals surface area contributed by atoms with Crippen molar-refractivity contribution >= 4 is 0 Å². The third-order valence-corrected chi connectivity index (χ3v) is 5.08. The number of rotatable bonds is 4. The van der Waals surface area contributed by atoms with Gasteiger partial charge in [0.05, 0.1) is 0 Å². The summed E-state index contributed by atoms with van der Waals surface area (Å²) in [6.07, 6.45) is 6.96. The molecule has 0 aromatic heterocycles. The van der Waals surface area contributed by atoms with Crippen LogP contribution in [0, 0.1) is 17.8 Å². The average molecular weight is 257 g/mol. The van der Waals surface area contributed by atoms with Gasteiger partial charge < -0.3 is 5.32 Å². The molecule has 1 heteroatoms. The van der Waals surface area contributed by atoms with Crippen LogP contribution in [0.25, 0.3) is 0 Å². The van der Waals surface area contributed by atoms with E-state index in [1.165, 1.54) is 37.7 Å². The van der Waals surface area contributed by atoms with Crippen molar-refractivity contribution in [3.8, 4) is 0 Å². The van der Waals surface area contributed by atoms with Crippen molar-refractivity contribution in [1.29, 1.82) is 0 Å². The van der Waals surface area contributed by atoms with Crippen LogP contribution in [0.2, 0.25) is 0 Å². The molecular formula is C18H27N. The van der Waals surface area contributed by atoms with Gasteiger partial charge in [-0.25, -0.2) is 0 Å². The second-order valence-electron chi connectivity index (χ2n) is 6.89. The number of benzene rings is 1. The van der Waals surface area contributed by atoms with E-state index < -0.39 is 0 Å². The molecule has 19 heavy (non-hydrogen) atoms. The van der Waals surface area contributed by atoms with Crippen molar-refractivity contribution in [1.82, 2.24) is 5.32 Å². The van der Waals surface area contributed by atoms with E-state index in [1.807, 2.05) is 0 Å². The fourth-order valence-corrected chi connectivity index (χ4v) is 3.74. The Bertz CT molecular complexity index is 395. The van der Waals surface area contributed by atoms with E-state index in [1.54, 1.807) is 0 Å². The molecule has 0 radical (unpaired) electrons. The molecule has 104 valence electrons. The first kappa shape index (κ1) is 13.2. The van der Waals surface area contributed by atoms with Crippen molar-refractivity contribution in [2.75, 3.05) is 0 Å². The summed E-state index contributed by atoms with van der Waals surface area (Å²) in [6.45, 7) is 4.84. The van der Waals surface area contributed by atoms with Gasteiger partial charge in [-0.2, -0.15) is 0 Å². The molecule has 2 saturated carbocycles. The SMILES string of the molecule is CC1CCC(NC(c2ccccc2)C2CC2)C(C)C1. The Morgan fingerprint density at radius 3 is 2.37 bits per heavy atom. The first-order valence-electron chi connectivity index (χ1n) is 8.05. The van der Waals surface area contributed by atoms with E-state index in [0.29, 0.717) is 6.04 Å². The van der Waals surface area contributed by atoms with Crippen LogP contribution >= 0.6 is 0 Å². The fraction of sp³-hybridized carbons (Fsp3) is 0.667. The highest BCUT2D eigenvalue weighted by Gasteiger charge is 2.35. The number of hydrogen-bond donors (Lipinski definition) is 1. The largest absolute Gasteiger partial charge is 0.307 e. The van der Waals surface area contributed by atoms with Crippen molar-refractivity contribution in [3.63, 3.8) is 0 Å². The molecule has 0 saturated heterocycles. The molecule has 4 unspecified atom stereocenters. The summed E-state index contributed by atoms with van der Waals surface area (Å²) in [5.41, 5.74) is 1.50. The summed E-state index contributed by atoms with van der Waals surface area (Å²) in [7, 11) is 0. The van der Waals surface area contributed by atoms with Gasteiger partial charge in [-0.05, 0) is 55.4 Å². The lowest BCUT2D eigenvalue weighted by atomic mass is 9.79. The third-order valence-electron chi connectivity index (χ3n) is 5.08. The lowest BCUT2D eigenvalue weighted by Gasteiger charge is -2.36. The van der Waals surface area contributed by atoms with E-state index in [0.717, 1.165) is 23.8 Å². The summed E-state index contributed by atoms with van der Waals surface area (Å²) in [4.78, 5) is 0. The Labute approximate surface area is 117 Å². The molecule has 0 aliphatic heterocycles. The van der Waals surface area contributed by atoms with E-state index in [4.69, 9.17) is 0 Å². The first-order chi connectivity index (χ1) is 9.24. The summed E-state index contributed by atoms with van der Waals surface area (Å²) in [5.74, 6) is 2.63. The topological polar surface area (TPSA) is 12.0 Å². The maximum absolute atomic E-state index is 4.00. The standard InChI is InChI=1S/C18H27N/c1-13-8-11-17(14(2)12-13)19-18(16-9-10-16)15-6-4-3-5-7-15/h3-7,13-14,16-19H,8-12H2,1-2H3. The molecule has 4 atom stereocenters. The first-order valence-corrected chi connectivity index (χ1v) is 8.05. The molecular weight excluding hydrogens is 230 g/mol. The van der Waals surface area contributed by atoms with E-state index in [9.17, 15) is 0 Å². The zero-order chi connectivity index (χ0) is 13.2. The van der Waals surface area contributed by atoms with Gasteiger partial charge in [0.15, 0.2) is 0 Å². The Balaban J connectivity index is 1.68. The van der Waals surface area contributed by atoms with Crippen LogP contribution in [-0.4, -0.2) is 6.04 Å². The summed E-state index contributed by atoms with van der Waals surface area (Å²) in [6, 6.07) is 12.4. The highest BCUT2D eigenvalue weighted by atomic mass is 15.0. The predicted molar refractivity (Wildman–Crippen MR) is 81.0 cm³/mol. The maximum Gasteiger partial charge on any atom is 0.0351 e. The Hall–Kier alpha value is -0.820. The van der Waals surface area contributed by atoms with Gasteiger partial charge in [0.2, 0.25) is 0 Å². The van der Waals surface area contributed by atoms with Crippen molar-refractivity contribution in [3.05, 3.63) is 35.9 Å². The van der Waals surface area contributed by atoms with Crippen LogP contribution in [0.1, 0.15) is 57.6 Å². The molecule has 1 aromatic carbocycles. The van der Waals surface area contributed by atoms with Gasteiger partial charge in [-0.1, -0.05) is 44.2 Å². The smallest absolute Gasteiger partial charge is 0.0351 e. The van der Waals surface area contributed by atoms with Crippen molar-refractivity contribution < 1.29 is 0 Å². The zero-order valence-electron chi connectivity index (χ0n) is 12.3. The molecule has 0 heterocycles. The van der Waals surface area contributed by atoms with E-state index in [-0.39, 0.29) is 0 Å². The van der Waals surface area contributed by atoms with Crippen LogP contribution in [0.4, 0.5) is 0 Å². The predicted octanol–water partition coefficient (Wildman–Crippen LogP) is 4.55. The van der Waals surface area contributed by atoms with Crippen LogP contribution in [0.3, 0.4) is 0 Å². The van der Waals surface area contributed by atoms with Crippen LogP contribution in [0.5, 0.6) is 0 Å². The number of hydrogen-bond acceptors (Lipinski definition) is 1. The van der Waals surface area contributed by atoms with E-state index >= 15 is 0 Å². The highest BCUT2D eigenvalue weighted by Crippen LogP contribution is 2.42. The second kappa shape index (κ2) is 5.66. The second-order valence-corrected chi connectivity index (χ2v) is 6.89. The summed E-state index contributed by atoms with van der Waals surface area (Å²) >= 11 is 0. The van der Waals surface area contributed by atoms with Gasteiger partial charge in [0, 0.05) is 12.1 Å². The van der Waals surface area contributed by atoms with Gasteiger partial charge in [0.1, 0.15) is 0 Å². The fourth-order valence-electron chi connectivity index (χ4n) is 3.74. The van der Waals surface area contributed by atoms with Crippen LogP contribution in [-0.2, 0) is 0 Å². The Morgan fingerprint density at radius 1 is 1.00 bits per heavy atom. The molecule has 2 aliphatic rings. The molecule has 0 spiro atoms. The van der Waals surface area contributed by atoms with Crippen LogP contribution < -0.4 is 5.32 Å². The van der Waals surface area contributed by atoms with Crippen LogP contribution in [0.15, 0.2) is 30.3 Å². The molecule has 0 amide bonds. The minimum Gasteiger partial charge on any atom is -0.307 e. The molecule has 3 rings (SSSR count). The zero-order valence-corrected chi connectivity index (χ0v) is 12.3. The van der Waals surface area contributed by atoms with Gasteiger partial charge in [-0.3, -0.25) is 0 Å². The minimum absolute atomic E-state index is 0.599. The lowest BCUT2D eigenvalue weighted by molar-refractivity contribution is 0.208. The monoisotopic (exact) mass is 257 g/mol. The quantitative estimate of drug-likeness (QED) is 0.834. The molecule has 1 N–H and O–H groups in total. The maximum atomic E-state index is 4.00. The summed E-state index contributed by atoms with van der Waals surface area (Å²) in [5, 5.41) is 4.00. The third kappa shape index (κ3) is 3.20. The lowest BCUT2D eigenvalue weighted by Crippen LogP contribution is -2.41. The number of nitrogens with one attached hydrogen (secondary N) is 1. The molecule has 2 fully saturated rings. The highest BCUT2D eigenvalue weighted by molar-refractivity contribution is 5.21. The molecule has 1 aromatic rings. The average Bonchev–Trinajstić information content (AvgIpc) is 3.23. The summed E-state index contributed by atoms with van der Waals surface area (Å²) < 4.78 is 0. The van der Waals surface area contributed by atoms with Crippen molar-refractivity contribution in [2.45, 2.75) is 58.0 Å². The Morgan fingerprint density at radius 2 is 1.74 bits per heavy atom. The minimum atomic E-state index is 0.599. The molecule has 1 nitrogen and oxygen atoms in total. The Kier molecular flexibility index (Phi) is 3.93. The van der Waals surface area contributed by atoms with Gasteiger partial charge in [-0.15, -0.1) is 0 Å².